The molecule has 0 unspecified atom stereocenters. The van der Waals surface area contributed by atoms with E-state index in [2.05, 4.69) is 32.5 Å². The first-order chi connectivity index (χ1) is 17.6. The third-order valence-corrected chi connectivity index (χ3v) is 6.08. The predicted octanol–water partition coefficient (Wildman–Crippen LogP) is 4.08. The van der Waals surface area contributed by atoms with Gasteiger partial charge in [0.05, 0.1) is 17.9 Å². The molecule has 9 nitrogen and oxygen atoms in total. The Balaban J connectivity index is 1.49. The van der Waals surface area contributed by atoms with E-state index in [1.165, 1.54) is 6.92 Å². The standard InChI is InChI=1S/C27H25N7O2/c1-3-8-20-17-34(25-12-7-6-9-21(25)18(2)35)27(36)33(20)16-19-13-14-24(28-15-19)22-10-4-5-11-23(22)26-29-31-32-30-26/h4-7,9-15,17H,3,8,16H2,1-2H3,(H,29,30,31,32). The van der Waals surface area contributed by atoms with Gasteiger partial charge in [0.2, 0.25) is 0 Å². The highest BCUT2D eigenvalue weighted by Gasteiger charge is 2.17. The predicted molar refractivity (Wildman–Crippen MR) is 136 cm³/mol. The number of carbonyl (C=O) groups is 1. The first kappa shape index (κ1) is 23.1. The maximum absolute atomic E-state index is 13.5. The largest absolute Gasteiger partial charge is 0.333 e. The molecule has 2 aromatic carbocycles. The number of H-pyrrole nitrogens is 1. The minimum Gasteiger partial charge on any atom is -0.294 e. The molecule has 5 rings (SSSR count). The lowest BCUT2D eigenvalue weighted by atomic mass is 10.0. The zero-order valence-electron chi connectivity index (χ0n) is 20.0. The van der Waals surface area contributed by atoms with E-state index in [1.54, 1.807) is 33.5 Å². The van der Waals surface area contributed by atoms with Gasteiger partial charge in [0.15, 0.2) is 11.6 Å². The van der Waals surface area contributed by atoms with Crippen LogP contribution < -0.4 is 5.69 Å². The Bertz CT molecular complexity index is 1560. The summed E-state index contributed by atoms with van der Waals surface area (Å²) in [5.41, 5.74) is 5.27. The molecular formula is C27H25N7O2. The topological polar surface area (TPSA) is 111 Å². The second-order valence-electron chi connectivity index (χ2n) is 8.53. The second kappa shape index (κ2) is 9.91. The average Bonchev–Trinajstić information content (AvgIpc) is 3.54. The Morgan fingerprint density at radius 3 is 2.47 bits per heavy atom. The van der Waals surface area contributed by atoms with Crippen molar-refractivity contribution in [3.05, 3.63) is 100 Å². The Morgan fingerprint density at radius 2 is 1.78 bits per heavy atom. The van der Waals surface area contributed by atoms with Gasteiger partial charge >= 0.3 is 5.69 Å². The van der Waals surface area contributed by atoms with E-state index in [1.807, 2.05) is 48.7 Å². The number of nitrogens with one attached hydrogen (secondary N) is 1. The molecule has 1 N–H and O–H groups in total. The summed E-state index contributed by atoms with van der Waals surface area (Å²) in [5.74, 6) is 0.489. The molecule has 0 saturated carbocycles. The third kappa shape index (κ3) is 4.38. The number of carbonyl (C=O) groups excluding carboxylic acids is 1. The Labute approximate surface area is 207 Å². The molecule has 36 heavy (non-hydrogen) atoms. The number of pyridine rings is 1. The Hall–Kier alpha value is -4.66. The van der Waals surface area contributed by atoms with E-state index >= 15 is 0 Å². The van der Waals surface area contributed by atoms with Gasteiger partial charge in [0.1, 0.15) is 0 Å². The third-order valence-electron chi connectivity index (χ3n) is 6.08. The van der Waals surface area contributed by atoms with Gasteiger partial charge in [-0.1, -0.05) is 55.8 Å². The number of Topliss-reactive ketones (excluding diaryl/α,β-unsaturated/α-hetero) is 1. The number of rotatable bonds is 8. The summed E-state index contributed by atoms with van der Waals surface area (Å²) < 4.78 is 3.33. The molecule has 0 amide bonds. The number of nitrogens with zero attached hydrogens (tertiary/aromatic N) is 6. The molecule has 0 fully saturated rings. The number of para-hydroxylation sites is 1. The summed E-state index contributed by atoms with van der Waals surface area (Å²) in [4.78, 5) is 30.3. The summed E-state index contributed by atoms with van der Waals surface area (Å²) in [6.45, 7) is 3.97. The number of ketones is 1. The molecule has 0 spiro atoms. The van der Waals surface area contributed by atoms with Gasteiger partial charge in [0, 0.05) is 34.8 Å². The fraction of sp³-hybridized carbons (Fsp3) is 0.185. The van der Waals surface area contributed by atoms with Crippen LogP contribution in [0.4, 0.5) is 0 Å². The Kier molecular flexibility index (Phi) is 6.36. The van der Waals surface area contributed by atoms with Crippen molar-refractivity contribution < 1.29 is 4.79 Å². The minimum atomic E-state index is -0.181. The molecule has 3 heterocycles. The van der Waals surface area contributed by atoms with Crippen LogP contribution in [0.15, 0.2) is 77.9 Å². The lowest BCUT2D eigenvalue weighted by Gasteiger charge is -2.09. The van der Waals surface area contributed by atoms with E-state index < -0.39 is 0 Å². The first-order valence-electron chi connectivity index (χ1n) is 11.8. The van der Waals surface area contributed by atoms with Crippen LogP contribution in [-0.4, -0.2) is 40.5 Å². The SMILES string of the molecule is CCCc1cn(-c2ccccc2C(C)=O)c(=O)n1Cc1ccc(-c2ccccc2-c2nnn[nH]2)nc1. The second-order valence-corrected chi connectivity index (χ2v) is 8.53. The van der Waals surface area contributed by atoms with Crippen molar-refractivity contribution in [3.8, 4) is 28.3 Å². The molecule has 0 radical (unpaired) electrons. The number of aromatic amines is 1. The quantitative estimate of drug-likeness (QED) is 0.336. The normalized spacial score (nSPS) is 11.1. The molecule has 0 aliphatic heterocycles. The van der Waals surface area contributed by atoms with Crippen LogP contribution in [0.1, 0.15) is 41.9 Å². The molecule has 0 aliphatic carbocycles. The molecule has 0 bridgehead atoms. The van der Waals surface area contributed by atoms with Gasteiger partial charge in [0.25, 0.3) is 0 Å². The molecule has 5 aromatic rings. The number of benzene rings is 2. The zero-order chi connectivity index (χ0) is 25.1. The average molecular weight is 480 g/mol. The van der Waals surface area contributed by atoms with Gasteiger partial charge in [-0.2, -0.15) is 0 Å². The lowest BCUT2D eigenvalue weighted by molar-refractivity contribution is 0.101. The van der Waals surface area contributed by atoms with Crippen molar-refractivity contribution in [2.75, 3.05) is 0 Å². The van der Waals surface area contributed by atoms with Crippen LogP contribution in [0.5, 0.6) is 0 Å². The first-order valence-corrected chi connectivity index (χ1v) is 11.8. The van der Waals surface area contributed by atoms with Crippen molar-refractivity contribution in [2.45, 2.75) is 33.2 Å². The highest BCUT2D eigenvalue weighted by atomic mass is 16.2. The van der Waals surface area contributed by atoms with Crippen LogP contribution in [0.3, 0.4) is 0 Å². The lowest BCUT2D eigenvalue weighted by Crippen LogP contribution is -2.25. The van der Waals surface area contributed by atoms with Gasteiger partial charge in [-0.05, 0) is 47.5 Å². The fourth-order valence-corrected chi connectivity index (χ4v) is 4.35. The van der Waals surface area contributed by atoms with Gasteiger partial charge in [-0.25, -0.2) is 9.89 Å². The van der Waals surface area contributed by atoms with Crippen LogP contribution >= 0.6 is 0 Å². The molecular weight excluding hydrogens is 454 g/mol. The monoisotopic (exact) mass is 479 g/mol. The maximum Gasteiger partial charge on any atom is 0.333 e. The van der Waals surface area contributed by atoms with E-state index in [-0.39, 0.29) is 11.5 Å². The molecule has 0 atom stereocenters. The number of tetrazole rings is 1. The number of imidazole rings is 1. The number of aromatic nitrogens is 7. The highest BCUT2D eigenvalue weighted by molar-refractivity contribution is 5.97. The van der Waals surface area contributed by atoms with Gasteiger partial charge in [-0.3, -0.25) is 18.9 Å². The molecule has 180 valence electrons. The van der Waals surface area contributed by atoms with Crippen LogP contribution in [0, 0.1) is 0 Å². The van der Waals surface area contributed by atoms with Crippen molar-refractivity contribution >= 4 is 5.78 Å². The van der Waals surface area contributed by atoms with E-state index in [0.717, 1.165) is 40.9 Å². The molecule has 9 heteroatoms. The zero-order valence-corrected chi connectivity index (χ0v) is 20.0. The molecule has 0 aliphatic rings. The summed E-state index contributed by atoms with van der Waals surface area (Å²) >= 11 is 0. The van der Waals surface area contributed by atoms with E-state index in [4.69, 9.17) is 0 Å². The number of hydrogen-bond donors (Lipinski definition) is 1. The number of hydrogen-bond acceptors (Lipinski definition) is 6. The van der Waals surface area contributed by atoms with Gasteiger partial charge < -0.3 is 0 Å². The highest BCUT2D eigenvalue weighted by Crippen LogP contribution is 2.28. The summed E-state index contributed by atoms with van der Waals surface area (Å²) in [5, 5.41) is 14.2. The van der Waals surface area contributed by atoms with Crippen molar-refractivity contribution in [1.82, 2.24) is 34.7 Å². The summed E-state index contributed by atoms with van der Waals surface area (Å²) in [6.07, 6.45) is 5.27. The van der Waals surface area contributed by atoms with Crippen molar-refractivity contribution in [2.24, 2.45) is 0 Å². The minimum absolute atomic E-state index is 0.0801. The van der Waals surface area contributed by atoms with E-state index in [0.29, 0.717) is 23.6 Å². The maximum atomic E-state index is 13.5. The molecule has 0 saturated heterocycles. The summed E-state index contributed by atoms with van der Waals surface area (Å²) in [6, 6.07) is 18.9. The molecule has 3 aromatic heterocycles. The van der Waals surface area contributed by atoms with Crippen molar-refractivity contribution in [3.63, 3.8) is 0 Å². The van der Waals surface area contributed by atoms with Crippen LogP contribution in [0.2, 0.25) is 0 Å². The van der Waals surface area contributed by atoms with Crippen LogP contribution in [-0.2, 0) is 13.0 Å². The number of aryl methyl sites for hydroxylation is 1. The smallest absolute Gasteiger partial charge is 0.294 e. The fourth-order valence-electron chi connectivity index (χ4n) is 4.35. The van der Waals surface area contributed by atoms with E-state index in [9.17, 15) is 9.59 Å². The van der Waals surface area contributed by atoms with Gasteiger partial charge in [-0.15, -0.1) is 5.10 Å². The van der Waals surface area contributed by atoms with Crippen molar-refractivity contribution in [1.29, 1.82) is 0 Å². The van der Waals surface area contributed by atoms with Crippen LogP contribution in [0.25, 0.3) is 28.3 Å². The Morgan fingerprint density at radius 1 is 1.00 bits per heavy atom. The summed E-state index contributed by atoms with van der Waals surface area (Å²) in [7, 11) is 0.